The second-order valence-corrected chi connectivity index (χ2v) is 8.51. The summed E-state index contributed by atoms with van der Waals surface area (Å²) in [6.45, 7) is 4.33. The molecule has 9 heteroatoms. The molecule has 2 heterocycles. The Kier molecular flexibility index (Phi) is 5.60. The topological polar surface area (TPSA) is 137 Å². The van der Waals surface area contributed by atoms with Crippen molar-refractivity contribution in [1.82, 2.24) is 19.7 Å². The summed E-state index contributed by atoms with van der Waals surface area (Å²) in [6, 6.07) is 9.54. The van der Waals surface area contributed by atoms with Crippen LogP contribution in [-0.4, -0.2) is 37.2 Å². The van der Waals surface area contributed by atoms with Crippen molar-refractivity contribution in [2.45, 2.75) is 44.7 Å². The Bertz CT molecular complexity index is 1060. The van der Waals surface area contributed by atoms with Gasteiger partial charge < -0.3 is 22.1 Å². The molecule has 1 fully saturated rings. The Morgan fingerprint density at radius 2 is 2.10 bits per heavy atom. The summed E-state index contributed by atoms with van der Waals surface area (Å²) in [5, 5.41) is 10.8. The van der Waals surface area contributed by atoms with Gasteiger partial charge in [-0.1, -0.05) is 19.9 Å². The van der Waals surface area contributed by atoms with Crippen molar-refractivity contribution in [3.05, 3.63) is 54.5 Å². The van der Waals surface area contributed by atoms with Crippen LogP contribution in [-0.2, 0) is 0 Å². The van der Waals surface area contributed by atoms with E-state index in [1.807, 2.05) is 36.5 Å². The Labute approximate surface area is 181 Å². The van der Waals surface area contributed by atoms with Gasteiger partial charge in [0.1, 0.15) is 11.4 Å². The molecule has 0 spiro atoms. The van der Waals surface area contributed by atoms with Crippen LogP contribution in [0.15, 0.2) is 48.9 Å². The molecule has 1 saturated carbocycles. The van der Waals surface area contributed by atoms with E-state index in [0.29, 0.717) is 17.7 Å². The van der Waals surface area contributed by atoms with Gasteiger partial charge in [0, 0.05) is 35.9 Å². The van der Waals surface area contributed by atoms with E-state index in [0.717, 1.165) is 30.6 Å². The quantitative estimate of drug-likeness (QED) is 0.418. The Hall–Kier alpha value is -3.46. The number of nitrogens with two attached hydrogens (primary N) is 2. The molecule has 0 aliphatic heterocycles. The fourth-order valence-electron chi connectivity index (χ4n) is 3.57. The van der Waals surface area contributed by atoms with Crippen LogP contribution in [0.5, 0.6) is 0 Å². The average Bonchev–Trinajstić information content (AvgIpc) is 3.24. The molecule has 9 nitrogen and oxygen atoms in total. The Morgan fingerprint density at radius 1 is 1.29 bits per heavy atom. The lowest BCUT2D eigenvalue weighted by molar-refractivity contribution is 0.100. The first-order valence-corrected chi connectivity index (χ1v) is 10.4. The summed E-state index contributed by atoms with van der Waals surface area (Å²) >= 11 is 0. The largest absolute Gasteiger partial charge is 0.365 e. The van der Waals surface area contributed by atoms with Crippen molar-refractivity contribution in [3.8, 4) is 5.69 Å². The molecule has 3 aromatic rings. The van der Waals surface area contributed by atoms with Crippen LogP contribution in [0.3, 0.4) is 0 Å². The van der Waals surface area contributed by atoms with E-state index >= 15 is 0 Å². The lowest BCUT2D eigenvalue weighted by atomic mass is 9.96. The van der Waals surface area contributed by atoms with Crippen LogP contribution < -0.4 is 22.1 Å². The van der Waals surface area contributed by atoms with Crippen molar-refractivity contribution >= 4 is 23.4 Å². The van der Waals surface area contributed by atoms with Crippen LogP contribution >= 0.6 is 0 Å². The number of rotatable bonds is 9. The van der Waals surface area contributed by atoms with Crippen LogP contribution in [0.4, 0.5) is 17.5 Å². The fourth-order valence-corrected chi connectivity index (χ4v) is 3.57. The molecule has 4 rings (SSSR count). The highest BCUT2D eigenvalue weighted by Gasteiger charge is 2.46. The van der Waals surface area contributed by atoms with E-state index in [9.17, 15) is 4.79 Å². The van der Waals surface area contributed by atoms with Gasteiger partial charge in [0.05, 0.1) is 5.69 Å². The predicted octanol–water partition coefficient (Wildman–Crippen LogP) is 2.82. The zero-order valence-electron chi connectivity index (χ0n) is 17.7. The molecule has 6 N–H and O–H groups in total. The van der Waals surface area contributed by atoms with Crippen LogP contribution in [0.2, 0.25) is 0 Å². The highest BCUT2D eigenvalue weighted by atomic mass is 16.1. The summed E-state index contributed by atoms with van der Waals surface area (Å²) < 4.78 is 1.75. The van der Waals surface area contributed by atoms with Crippen LogP contribution in [0, 0.1) is 5.92 Å². The highest BCUT2D eigenvalue weighted by Crippen LogP contribution is 2.39. The maximum absolute atomic E-state index is 12.0. The van der Waals surface area contributed by atoms with Gasteiger partial charge in [-0.25, -0.2) is 9.67 Å². The van der Waals surface area contributed by atoms with E-state index in [1.54, 1.807) is 10.9 Å². The number of carbonyl (C=O) groups excluding carboxylic acids is 1. The maximum atomic E-state index is 12.0. The summed E-state index contributed by atoms with van der Waals surface area (Å²) in [6.07, 6.45) is 7.87. The van der Waals surface area contributed by atoms with Gasteiger partial charge >= 0.3 is 0 Å². The van der Waals surface area contributed by atoms with Gasteiger partial charge in [-0.15, -0.1) is 0 Å². The molecule has 31 heavy (non-hydrogen) atoms. The monoisotopic (exact) mass is 420 g/mol. The van der Waals surface area contributed by atoms with E-state index in [1.165, 1.54) is 6.20 Å². The molecule has 0 saturated heterocycles. The zero-order valence-corrected chi connectivity index (χ0v) is 17.7. The number of nitrogens with one attached hydrogen (secondary N) is 2. The maximum Gasteiger partial charge on any atom is 0.254 e. The Balaban J connectivity index is 1.61. The third kappa shape index (κ3) is 4.83. The highest BCUT2D eigenvalue weighted by molar-refractivity contribution is 5.98. The van der Waals surface area contributed by atoms with E-state index in [4.69, 9.17) is 11.5 Å². The molecule has 0 bridgehead atoms. The van der Waals surface area contributed by atoms with Gasteiger partial charge in [0.15, 0.2) is 0 Å². The van der Waals surface area contributed by atoms with Crippen LogP contribution in [0.25, 0.3) is 5.69 Å². The molecule has 0 radical (unpaired) electrons. The fraction of sp³-hybridized carbons (Fsp3) is 0.364. The smallest absolute Gasteiger partial charge is 0.254 e. The average molecular weight is 421 g/mol. The standard InChI is InChI=1S/C22H28N8O/c1-14(2)11-18(22(24)7-8-22)28-21-25-13-17(19(23)31)20(29-21)27-15-5-3-6-16(12-15)30-10-4-9-26-30/h3-6,9-10,12-14,18H,7-8,11,24H2,1-2H3,(H2,23,31)(H2,25,27,28,29). The molecular formula is C22H28N8O. The van der Waals surface area contributed by atoms with Gasteiger partial charge in [-0.05, 0) is 49.4 Å². The van der Waals surface area contributed by atoms with Crippen LogP contribution in [0.1, 0.15) is 43.5 Å². The third-order valence-electron chi connectivity index (χ3n) is 5.46. The SMILES string of the molecule is CC(C)CC(Nc1ncc(C(N)=O)c(Nc2cccc(-n3cccn3)c2)n1)C1(N)CC1. The lowest BCUT2D eigenvalue weighted by Gasteiger charge is -2.26. The number of carbonyl (C=O) groups is 1. The lowest BCUT2D eigenvalue weighted by Crippen LogP contribution is -2.44. The summed E-state index contributed by atoms with van der Waals surface area (Å²) in [7, 11) is 0. The number of amides is 1. The number of hydrogen-bond donors (Lipinski definition) is 4. The first kappa shape index (κ1) is 20.8. The summed E-state index contributed by atoms with van der Waals surface area (Å²) in [4.78, 5) is 20.8. The normalized spacial score (nSPS) is 15.5. The number of anilines is 3. The molecule has 162 valence electrons. The second-order valence-electron chi connectivity index (χ2n) is 8.51. The molecule has 1 amide bonds. The third-order valence-corrected chi connectivity index (χ3v) is 5.46. The second kappa shape index (κ2) is 8.35. The minimum absolute atomic E-state index is 0.0583. The number of primary amides is 1. The minimum atomic E-state index is -0.603. The van der Waals surface area contributed by atoms with Gasteiger partial charge in [-0.2, -0.15) is 10.1 Å². The summed E-state index contributed by atoms with van der Waals surface area (Å²) in [5.74, 6) is 0.630. The summed E-state index contributed by atoms with van der Waals surface area (Å²) in [5.41, 5.74) is 13.6. The van der Waals surface area contributed by atoms with Crippen molar-refractivity contribution < 1.29 is 4.79 Å². The molecule has 1 atom stereocenters. The molecule has 2 aromatic heterocycles. The molecular weight excluding hydrogens is 392 g/mol. The number of hydrogen-bond acceptors (Lipinski definition) is 7. The number of benzene rings is 1. The van der Waals surface area contributed by atoms with Gasteiger partial charge in [0.2, 0.25) is 5.95 Å². The van der Waals surface area contributed by atoms with Gasteiger partial charge in [0.25, 0.3) is 5.91 Å². The molecule has 1 aliphatic rings. The van der Waals surface area contributed by atoms with Crippen molar-refractivity contribution in [2.75, 3.05) is 10.6 Å². The van der Waals surface area contributed by atoms with Crippen molar-refractivity contribution in [3.63, 3.8) is 0 Å². The predicted molar refractivity (Wildman–Crippen MR) is 120 cm³/mol. The van der Waals surface area contributed by atoms with Gasteiger partial charge in [-0.3, -0.25) is 4.79 Å². The van der Waals surface area contributed by atoms with E-state index in [-0.39, 0.29) is 17.1 Å². The first-order chi connectivity index (χ1) is 14.8. The molecule has 1 aromatic carbocycles. The van der Waals surface area contributed by atoms with E-state index < -0.39 is 5.91 Å². The number of nitrogens with zero attached hydrogens (tertiary/aromatic N) is 4. The minimum Gasteiger partial charge on any atom is -0.365 e. The van der Waals surface area contributed by atoms with Crippen molar-refractivity contribution in [2.24, 2.45) is 17.4 Å². The number of aromatic nitrogens is 4. The zero-order chi connectivity index (χ0) is 22.0. The van der Waals surface area contributed by atoms with Crippen molar-refractivity contribution in [1.29, 1.82) is 0 Å². The van der Waals surface area contributed by atoms with E-state index in [2.05, 4.69) is 39.5 Å². The Morgan fingerprint density at radius 3 is 2.74 bits per heavy atom. The molecule has 1 unspecified atom stereocenters. The molecule has 1 aliphatic carbocycles. The first-order valence-electron chi connectivity index (χ1n) is 10.4.